The second-order valence-electron chi connectivity index (χ2n) is 3.61. The average Bonchev–Trinajstić information content (AvgIpc) is 2.77. The summed E-state index contributed by atoms with van der Waals surface area (Å²) in [6.07, 6.45) is 0. The Morgan fingerprint density at radius 2 is 2.05 bits per heavy atom. The smallest absolute Gasteiger partial charge is 0.260 e. The van der Waals surface area contributed by atoms with Gasteiger partial charge in [0.1, 0.15) is 5.75 Å². The highest BCUT2D eigenvalue weighted by atomic mass is 79.9. The Balaban J connectivity index is 2.11. The number of nitrogens with two attached hydrogens (primary N) is 1. The molecule has 1 heterocycles. The van der Waals surface area contributed by atoms with E-state index in [0.717, 1.165) is 20.3 Å². The van der Waals surface area contributed by atoms with Gasteiger partial charge in [-0.2, -0.15) is 0 Å². The Labute approximate surface area is 126 Å². The predicted octanol–water partition coefficient (Wildman–Crippen LogP) is 1.92. The van der Waals surface area contributed by atoms with Crippen molar-refractivity contribution in [2.24, 2.45) is 0 Å². The van der Waals surface area contributed by atoms with Crippen LogP contribution in [0.5, 0.6) is 5.75 Å². The number of benzene rings is 1. The van der Waals surface area contributed by atoms with Crippen LogP contribution in [0.2, 0.25) is 0 Å². The molecule has 9 heteroatoms. The minimum Gasteiger partial charge on any atom is -0.492 e. The van der Waals surface area contributed by atoms with Gasteiger partial charge >= 0.3 is 0 Å². The number of nitrogen functional groups attached to an aromatic ring is 1. The van der Waals surface area contributed by atoms with Crippen LogP contribution < -0.4 is 15.9 Å². The van der Waals surface area contributed by atoms with Crippen LogP contribution >= 0.6 is 31.9 Å². The third-order valence-corrected chi connectivity index (χ3v) is 3.45. The highest BCUT2D eigenvalue weighted by molar-refractivity contribution is 9.11. The van der Waals surface area contributed by atoms with Crippen molar-refractivity contribution in [1.82, 2.24) is 20.3 Å². The molecule has 0 spiro atoms. The number of nitrogens with zero attached hydrogens (tertiary/aromatic N) is 4. The summed E-state index contributed by atoms with van der Waals surface area (Å²) in [7, 11) is 0. The van der Waals surface area contributed by atoms with Gasteiger partial charge in [-0.15, -0.1) is 4.79 Å². The van der Waals surface area contributed by atoms with Crippen molar-refractivity contribution in [3.05, 3.63) is 26.6 Å². The first-order valence-electron chi connectivity index (χ1n) is 5.50. The molecule has 0 amide bonds. The van der Waals surface area contributed by atoms with Crippen LogP contribution in [-0.4, -0.2) is 26.9 Å². The number of aromatic nitrogens is 4. The van der Waals surface area contributed by atoms with Crippen molar-refractivity contribution in [2.75, 3.05) is 17.8 Å². The van der Waals surface area contributed by atoms with E-state index in [4.69, 9.17) is 10.5 Å². The molecule has 0 unspecified atom stereocenters. The zero-order chi connectivity index (χ0) is 13.8. The average molecular weight is 392 g/mol. The maximum absolute atomic E-state index is 5.55. The number of halogens is 2. The molecule has 0 saturated carbocycles. The molecule has 0 aliphatic rings. The molecule has 0 radical (unpaired) electrons. The summed E-state index contributed by atoms with van der Waals surface area (Å²) in [5.41, 5.74) is 9.57. The fourth-order valence-electron chi connectivity index (χ4n) is 1.47. The van der Waals surface area contributed by atoms with Gasteiger partial charge in [-0.3, -0.25) is 0 Å². The molecule has 2 aromatic rings. The van der Waals surface area contributed by atoms with Crippen LogP contribution in [-0.2, 0) is 6.54 Å². The van der Waals surface area contributed by atoms with Gasteiger partial charge in [0.2, 0.25) is 0 Å². The molecule has 0 aliphatic carbocycles. The third-order valence-electron chi connectivity index (χ3n) is 2.27. The van der Waals surface area contributed by atoms with Gasteiger partial charge in [0.05, 0.1) is 22.1 Å². The molecule has 0 saturated heterocycles. The Bertz CT molecular complexity index is 550. The van der Waals surface area contributed by atoms with Gasteiger partial charge < -0.3 is 15.9 Å². The molecule has 3 N–H and O–H groups in total. The summed E-state index contributed by atoms with van der Waals surface area (Å²) in [4.78, 5) is 1.32. The summed E-state index contributed by atoms with van der Waals surface area (Å²) >= 11 is 6.96. The molecular formula is C10H12Br2N6O. The van der Waals surface area contributed by atoms with E-state index in [1.54, 1.807) is 0 Å². The van der Waals surface area contributed by atoms with E-state index in [2.05, 4.69) is 52.8 Å². The van der Waals surface area contributed by atoms with E-state index < -0.39 is 0 Å². The van der Waals surface area contributed by atoms with E-state index >= 15 is 0 Å². The van der Waals surface area contributed by atoms with Gasteiger partial charge in [-0.1, -0.05) is 5.10 Å². The van der Waals surface area contributed by atoms with Crippen LogP contribution in [0.4, 0.5) is 5.95 Å². The van der Waals surface area contributed by atoms with Crippen LogP contribution in [0.1, 0.15) is 12.5 Å². The predicted molar refractivity (Wildman–Crippen MR) is 78.3 cm³/mol. The summed E-state index contributed by atoms with van der Waals surface area (Å²) in [5.74, 6) is 0.997. The Kier molecular flexibility index (Phi) is 4.59. The van der Waals surface area contributed by atoms with Crippen LogP contribution in [0.25, 0.3) is 0 Å². The minimum atomic E-state index is 0.212. The molecule has 0 atom stereocenters. The quantitative estimate of drug-likeness (QED) is 0.809. The number of rotatable bonds is 5. The molecule has 1 aromatic heterocycles. The molecule has 1 aromatic carbocycles. The number of hydrogen-bond acceptors (Lipinski definition) is 6. The maximum atomic E-state index is 5.55. The number of hydrogen-bond donors (Lipinski definition) is 2. The number of anilines is 1. The second-order valence-corrected chi connectivity index (χ2v) is 5.31. The van der Waals surface area contributed by atoms with Crippen molar-refractivity contribution in [1.29, 1.82) is 0 Å². The highest BCUT2D eigenvalue weighted by Crippen LogP contribution is 2.34. The van der Waals surface area contributed by atoms with Crippen molar-refractivity contribution in [3.63, 3.8) is 0 Å². The van der Waals surface area contributed by atoms with Crippen molar-refractivity contribution < 1.29 is 4.74 Å². The van der Waals surface area contributed by atoms with Gasteiger partial charge in [-0.25, -0.2) is 0 Å². The van der Waals surface area contributed by atoms with Crippen LogP contribution in [0.15, 0.2) is 21.1 Å². The second kappa shape index (κ2) is 6.20. The third kappa shape index (κ3) is 3.35. The summed E-state index contributed by atoms with van der Waals surface area (Å²) in [5, 5.41) is 10.7. The van der Waals surface area contributed by atoms with Crippen molar-refractivity contribution in [3.8, 4) is 5.75 Å². The summed E-state index contributed by atoms with van der Waals surface area (Å²) in [6.45, 7) is 3.07. The van der Waals surface area contributed by atoms with Crippen LogP contribution in [0, 0.1) is 0 Å². The minimum absolute atomic E-state index is 0.212. The molecule has 7 nitrogen and oxygen atoms in total. The molecule has 19 heavy (non-hydrogen) atoms. The standard InChI is InChI=1S/C10H12Br2N6O/c1-2-19-9-7(11)3-6(4-8(9)12)5-14-18-10(13)15-16-17-18/h3-4,14H,2,5H2,1H3,(H2,13,15,17). The first kappa shape index (κ1) is 14.1. The lowest BCUT2D eigenvalue weighted by atomic mass is 10.2. The largest absolute Gasteiger partial charge is 0.492 e. The topological polar surface area (TPSA) is 90.9 Å². The zero-order valence-electron chi connectivity index (χ0n) is 10.1. The molecule has 0 bridgehead atoms. The van der Waals surface area contributed by atoms with Crippen LogP contribution in [0.3, 0.4) is 0 Å². The van der Waals surface area contributed by atoms with E-state index in [0.29, 0.717) is 13.2 Å². The van der Waals surface area contributed by atoms with E-state index in [9.17, 15) is 0 Å². The van der Waals surface area contributed by atoms with E-state index in [1.807, 2.05) is 19.1 Å². The fraction of sp³-hybridized carbons (Fsp3) is 0.300. The van der Waals surface area contributed by atoms with Gasteiger partial charge in [0, 0.05) is 0 Å². The summed E-state index contributed by atoms with van der Waals surface area (Å²) in [6, 6.07) is 3.92. The van der Waals surface area contributed by atoms with E-state index in [1.165, 1.54) is 4.79 Å². The molecule has 102 valence electrons. The summed E-state index contributed by atoms with van der Waals surface area (Å²) < 4.78 is 7.28. The Morgan fingerprint density at radius 1 is 1.37 bits per heavy atom. The van der Waals surface area contributed by atoms with Gasteiger partial charge in [-0.05, 0) is 66.9 Å². The number of ether oxygens (including phenoxy) is 1. The lowest BCUT2D eigenvalue weighted by molar-refractivity contribution is 0.336. The lowest BCUT2D eigenvalue weighted by Gasteiger charge is -2.11. The van der Waals surface area contributed by atoms with E-state index in [-0.39, 0.29) is 5.95 Å². The molecule has 0 aliphatic heterocycles. The van der Waals surface area contributed by atoms with Gasteiger partial charge in [0.15, 0.2) is 0 Å². The maximum Gasteiger partial charge on any atom is 0.260 e. The zero-order valence-corrected chi connectivity index (χ0v) is 13.3. The first-order chi connectivity index (χ1) is 9.11. The Hall–Kier alpha value is -1.35. The van der Waals surface area contributed by atoms with Crippen molar-refractivity contribution >= 4 is 37.8 Å². The number of nitrogens with one attached hydrogen (secondary N) is 1. The van der Waals surface area contributed by atoms with Gasteiger partial charge in [0.25, 0.3) is 5.95 Å². The number of tetrazole rings is 1. The highest BCUT2D eigenvalue weighted by Gasteiger charge is 2.09. The molecular weight excluding hydrogens is 380 g/mol. The molecule has 2 rings (SSSR count). The SMILES string of the molecule is CCOc1c(Br)cc(CNn2nnnc2N)cc1Br. The monoisotopic (exact) mass is 390 g/mol. The lowest BCUT2D eigenvalue weighted by Crippen LogP contribution is -2.18. The normalized spacial score (nSPS) is 10.5. The van der Waals surface area contributed by atoms with Crippen molar-refractivity contribution in [2.45, 2.75) is 13.5 Å². The Morgan fingerprint density at radius 3 is 2.58 bits per heavy atom. The first-order valence-corrected chi connectivity index (χ1v) is 7.09. The molecule has 0 fully saturated rings. The fourth-order valence-corrected chi connectivity index (χ4v) is 2.98.